The Bertz CT molecular complexity index is 1140. The molecule has 0 radical (unpaired) electrons. The largest absolute Gasteiger partial charge is 0.321 e. The van der Waals surface area contributed by atoms with Gasteiger partial charge in [-0.3, -0.25) is 9.52 Å². The average Bonchev–Trinajstić information content (AvgIpc) is 2.99. The van der Waals surface area contributed by atoms with Crippen molar-refractivity contribution in [1.29, 1.82) is 0 Å². The van der Waals surface area contributed by atoms with Crippen LogP contribution in [0.3, 0.4) is 0 Å². The van der Waals surface area contributed by atoms with E-state index in [1.54, 1.807) is 44.2 Å². The van der Waals surface area contributed by atoms with Crippen molar-refractivity contribution in [2.24, 2.45) is 0 Å². The predicted molar refractivity (Wildman–Crippen MR) is 115 cm³/mol. The maximum absolute atomic E-state index is 12.7. The van der Waals surface area contributed by atoms with Crippen LogP contribution in [0.5, 0.6) is 0 Å². The number of halogens is 1. The first-order chi connectivity index (χ1) is 13.1. The normalized spacial score (nSPS) is 11.3. The van der Waals surface area contributed by atoms with Crippen LogP contribution in [0.25, 0.3) is 10.6 Å². The Morgan fingerprint density at radius 3 is 2.43 bits per heavy atom. The van der Waals surface area contributed by atoms with Crippen molar-refractivity contribution in [3.8, 4) is 10.6 Å². The molecule has 0 aliphatic heterocycles. The van der Waals surface area contributed by atoms with Gasteiger partial charge in [0.2, 0.25) is 10.0 Å². The van der Waals surface area contributed by atoms with E-state index in [4.69, 9.17) is 11.6 Å². The molecule has 146 valence electrons. The van der Waals surface area contributed by atoms with Crippen LogP contribution < -0.4 is 10.0 Å². The third kappa shape index (κ3) is 4.89. The van der Waals surface area contributed by atoms with Crippen molar-refractivity contribution in [2.45, 2.75) is 13.8 Å². The monoisotopic (exact) mass is 435 g/mol. The molecule has 0 unspecified atom stereocenters. The van der Waals surface area contributed by atoms with Gasteiger partial charge in [0.05, 0.1) is 17.6 Å². The fraction of sp³-hybridized carbons (Fsp3) is 0.158. The van der Waals surface area contributed by atoms with Gasteiger partial charge in [0.15, 0.2) is 0 Å². The summed E-state index contributed by atoms with van der Waals surface area (Å²) < 4.78 is 25.4. The molecule has 0 saturated heterocycles. The van der Waals surface area contributed by atoms with Crippen LogP contribution in [0.4, 0.5) is 11.4 Å². The van der Waals surface area contributed by atoms with Crippen LogP contribution >= 0.6 is 22.9 Å². The highest BCUT2D eigenvalue weighted by Gasteiger charge is 2.17. The molecule has 2 N–H and O–H groups in total. The minimum absolute atomic E-state index is 0.302. The average molecular weight is 436 g/mol. The van der Waals surface area contributed by atoms with Crippen molar-refractivity contribution in [1.82, 2.24) is 4.98 Å². The van der Waals surface area contributed by atoms with Crippen LogP contribution in [0.1, 0.15) is 20.9 Å². The molecule has 0 spiro atoms. The third-order valence-corrected chi connectivity index (χ3v) is 5.93. The van der Waals surface area contributed by atoms with E-state index in [0.29, 0.717) is 27.0 Å². The summed E-state index contributed by atoms with van der Waals surface area (Å²) in [5.74, 6) is -0.302. The number of amides is 1. The molecule has 0 bridgehead atoms. The Balaban J connectivity index is 1.84. The number of carbonyl (C=O) groups is 1. The molecule has 6 nitrogen and oxygen atoms in total. The van der Waals surface area contributed by atoms with E-state index < -0.39 is 10.0 Å². The fourth-order valence-corrected chi connectivity index (χ4v) is 4.23. The van der Waals surface area contributed by atoms with E-state index in [1.807, 2.05) is 12.1 Å². The smallest absolute Gasteiger partial charge is 0.267 e. The number of thiazole rings is 1. The summed E-state index contributed by atoms with van der Waals surface area (Å²) in [5, 5.41) is 4.16. The second-order valence-corrected chi connectivity index (χ2v) is 9.48. The van der Waals surface area contributed by atoms with E-state index in [1.165, 1.54) is 11.3 Å². The molecule has 1 aromatic heterocycles. The molecular formula is C19H18ClN3O3S2. The lowest BCUT2D eigenvalue weighted by Gasteiger charge is -2.11. The van der Waals surface area contributed by atoms with Crippen LogP contribution in [0.15, 0.2) is 42.5 Å². The molecule has 3 aromatic rings. The van der Waals surface area contributed by atoms with Crippen molar-refractivity contribution in [3.63, 3.8) is 0 Å². The van der Waals surface area contributed by atoms with Crippen molar-refractivity contribution < 1.29 is 13.2 Å². The molecule has 0 saturated carbocycles. The lowest BCUT2D eigenvalue weighted by Crippen LogP contribution is -2.13. The Morgan fingerprint density at radius 1 is 1.11 bits per heavy atom. The number of rotatable bonds is 5. The summed E-state index contributed by atoms with van der Waals surface area (Å²) in [6, 6.07) is 12.3. The van der Waals surface area contributed by atoms with Gasteiger partial charge < -0.3 is 5.32 Å². The first kappa shape index (κ1) is 20.3. The molecule has 2 aromatic carbocycles. The predicted octanol–water partition coefficient (Wildman–Crippen LogP) is 4.70. The van der Waals surface area contributed by atoms with Gasteiger partial charge in [-0.15, -0.1) is 11.3 Å². The van der Waals surface area contributed by atoms with Gasteiger partial charge in [0, 0.05) is 16.3 Å². The first-order valence-corrected chi connectivity index (χ1v) is 11.3. The first-order valence-electron chi connectivity index (χ1n) is 8.25. The zero-order valence-corrected chi connectivity index (χ0v) is 17.8. The molecule has 1 amide bonds. The van der Waals surface area contributed by atoms with Gasteiger partial charge in [-0.25, -0.2) is 13.4 Å². The van der Waals surface area contributed by atoms with E-state index in [0.717, 1.165) is 22.4 Å². The van der Waals surface area contributed by atoms with Gasteiger partial charge in [0.1, 0.15) is 9.88 Å². The highest BCUT2D eigenvalue weighted by atomic mass is 35.5. The Morgan fingerprint density at radius 2 is 1.79 bits per heavy atom. The summed E-state index contributed by atoms with van der Waals surface area (Å²) in [6.45, 7) is 3.56. The number of aryl methyl sites for hydroxylation is 2. The van der Waals surface area contributed by atoms with Gasteiger partial charge >= 0.3 is 0 Å². The minimum atomic E-state index is -3.41. The highest BCUT2D eigenvalue weighted by molar-refractivity contribution is 7.92. The zero-order valence-electron chi connectivity index (χ0n) is 15.4. The van der Waals surface area contributed by atoms with E-state index in [-0.39, 0.29) is 5.91 Å². The molecule has 0 fully saturated rings. The van der Waals surface area contributed by atoms with E-state index in [9.17, 15) is 13.2 Å². The number of anilines is 2. The van der Waals surface area contributed by atoms with E-state index in [2.05, 4.69) is 15.0 Å². The Hall–Kier alpha value is -2.42. The number of hydrogen-bond acceptors (Lipinski definition) is 5. The maximum Gasteiger partial charge on any atom is 0.267 e. The number of aromatic nitrogens is 1. The molecule has 28 heavy (non-hydrogen) atoms. The Labute approximate surface area is 172 Å². The quantitative estimate of drug-likeness (QED) is 0.607. The number of benzene rings is 2. The standard InChI is InChI=1S/C19H18ClN3O3S2/c1-11-4-9-15(10-16(11)23-28(3,25)26)22-18(24)17-12(2)21-19(27-17)13-5-7-14(20)8-6-13/h4-10,23H,1-3H3,(H,22,24). The Kier molecular flexibility index (Phi) is 5.74. The molecule has 3 rings (SSSR count). The molecule has 0 aliphatic carbocycles. The SMILES string of the molecule is Cc1ccc(NC(=O)c2sc(-c3ccc(Cl)cc3)nc2C)cc1NS(C)(=O)=O. The van der Waals surface area contributed by atoms with Crippen LogP contribution in [0.2, 0.25) is 5.02 Å². The number of nitrogens with zero attached hydrogens (tertiary/aromatic N) is 1. The van der Waals surface area contributed by atoms with Gasteiger partial charge in [-0.1, -0.05) is 29.8 Å². The summed E-state index contributed by atoms with van der Waals surface area (Å²) in [6.07, 6.45) is 1.08. The maximum atomic E-state index is 12.7. The number of carbonyl (C=O) groups excluding carboxylic acids is 1. The topological polar surface area (TPSA) is 88.2 Å². The second kappa shape index (κ2) is 7.90. The summed E-state index contributed by atoms with van der Waals surface area (Å²) >= 11 is 7.20. The third-order valence-electron chi connectivity index (χ3n) is 3.88. The van der Waals surface area contributed by atoms with Crippen LogP contribution in [0, 0.1) is 13.8 Å². The van der Waals surface area contributed by atoms with Gasteiger partial charge in [-0.05, 0) is 43.7 Å². The summed E-state index contributed by atoms with van der Waals surface area (Å²) in [7, 11) is -3.41. The van der Waals surface area contributed by atoms with Crippen molar-refractivity contribution >= 4 is 50.2 Å². The van der Waals surface area contributed by atoms with Gasteiger partial charge in [0.25, 0.3) is 5.91 Å². The summed E-state index contributed by atoms with van der Waals surface area (Å²) in [5.41, 5.74) is 3.16. The zero-order chi connectivity index (χ0) is 20.5. The molecular weight excluding hydrogens is 418 g/mol. The fourth-order valence-electron chi connectivity index (χ4n) is 2.52. The minimum Gasteiger partial charge on any atom is -0.321 e. The number of nitrogens with one attached hydrogen (secondary N) is 2. The van der Waals surface area contributed by atoms with E-state index >= 15 is 0 Å². The van der Waals surface area contributed by atoms with Crippen LogP contribution in [-0.4, -0.2) is 25.6 Å². The number of sulfonamides is 1. The van der Waals surface area contributed by atoms with Crippen molar-refractivity contribution in [2.75, 3.05) is 16.3 Å². The van der Waals surface area contributed by atoms with Gasteiger partial charge in [-0.2, -0.15) is 0 Å². The van der Waals surface area contributed by atoms with Crippen LogP contribution in [-0.2, 0) is 10.0 Å². The molecule has 9 heteroatoms. The highest BCUT2D eigenvalue weighted by Crippen LogP contribution is 2.30. The lowest BCUT2D eigenvalue weighted by atomic mass is 10.2. The molecule has 0 aliphatic rings. The van der Waals surface area contributed by atoms with Crippen molar-refractivity contribution in [3.05, 3.63) is 63.6 Å². The molecule has 0 atom stereocenters. The lowest BCUT2D eigenvalue weighted by molar-refractivity contribution is 0.103. The number of hydrogen-bond donors (Lipinski definition) is 2. The molecule has 1 heterocycles. The summed E-state index contributed by atoms with van der Waals surface area (Å²) in [4.78, 5) is 17.7. The second-order valence-electron chi connectivity index (χ2n) is 6.30.